The van der Waals surface area contributed by atoms with Crippen LogP contribution in [0.5, 0.6) is 5.75 Å². The van der Waals surface area contributed by atoms with Gasteiger partial charge in [0.05, 0.1) is 31.6 Å². The van der Waals surface area contributed by atoms with Crippen LogP contribution in [0.15, 0.2) is 66.7 Å². The first-order valence-corrected chi connectivity index (χ1v) is 11.7. The normalized spacial score (nSPS) is 26.1. The second kappa shape index (κ2) is 10.3. The topological polar surface area (TPSA) is 108 Å². The van der Waals surface area contributed by atoms with Crippen LogP contribution in [-0.4, -0.2) is 54.5 Å². The molecular weight excluding hydrogens is 446 g/mol. The van der Waals surface area contributed by atoms with Gasteiger partial charge >= 0.3 is 0 Å². The van der Waals surface area contributed by atoms with Crippen molar-refractivity contribution >= 4 is 23.4 Å². The number of nitrogens with zero attached hydrogens (tertiary/aromatic N) is 1. The highest BCUT2D eigenvalue weighted by Crippen LogP contribution is 2.46. The molecule has 2 aromatic rings. The van der Waals surface area contributed by atoms with E-state index in [0.29, 0.717) is 11.4 Å². The molecule has 0 saturated carbocycles. The molecular formula is C27H31N3O5. The van der Waals surface area contributed by atoms with Gasteiger partial charge in [-0.25, -0.2) is 0 Å². The summed E-state index contributed by atoms with van der Waals surface area (Å²) >= 11 is 0. The van der Waals surface area contributed by atoms with Crippen molar-refractivity contribution in [2.45, 2.75) is 19.0 Å². The molecule has 2 aliphatic rings. The number of fused-ring (bicyclic) bond motifs is 1. The van der Waals surface area contributed by atoms with Crippen molar-refractivity contribution in [2.75, 3.05) is 26.1 Å². The number of allylic oxidation sites excluding steroid dienone is 1. The minimum atomic E-state index is -0.900. The predicted molar refractivity (Wildman–Crippen MR) is 131 cm³/mol. The zero-order valence-electron chi connectivity index (χ0n) is 20.0. The standard InChI is InChI=1S/C27H31N3O5/c1-16-9-14-20-23(22(16)25(32)28-2)27(34)30(21(15-31)17-7-5-4-6-8-17)24(20)26(33)29-18-10-12-19(35-3)13-11-18/h4-14,16,20-24,31H,15H2,1-3H3,(H,28,32)(H,29,33)/t16-,20+,21-,22-,23+,24+/m1/s1. The lowest BCUT2D eigenvalue weighted by Gasteiger charge is -2.33. The first kappa shape index (κ1) is 24.5. The second-order valence-electron chi connectivity index (χ2n) is 9.00. The summed E-state index contributed by atoms with van der Waals surface area (Å²) in [6, 6.07) is 14.4. The van der Waals surface area contributed by atoms with E-state index in [2.05, 4.69) is 10.6 Å². The van der Waals surface area contributed by atoms with Crippen molar-refractivity contribution in [3.05, 3.63) is 72.3 Å². The molecule has 8 nitrogen and oxygen atoms in total. The van der Waals surface area contributed by atoms with Crippen molar-refractivity contribution < 1.29 is 24.2 Å². The molecule has 1 aliphatic heterocycles. The fourth-order valence-corrected chi connectivity index (χ4v) is 5.36. The highest BCUT2D eigenvalue weighted by molar-refractivity contribution is 6.02. The van der Waals surface area contributed by atoms with Gasteiger partial charge in [0.1, 0.15) is 11.8 Å². The largest absolute Gasteiger partial charge is 0.497 e. The number of benzene rings is 2. The Morgan fingerprint density at radius 3 is 2.34 bits per heavy atom. The fraction of sp³-hybridized carbons (Fsp3) is 0.370. The first-order valence-electron chi connectivity index (χ1n) is 11.7. The number of hydrogen-bond acceptors (Lipinski definition) is 5. The number of carbonyl (C=O) groups is 3. The third-order valence-electron chi connectivity index (χ3n) is 7.08. The number of aliphatic hydroxyl groups is 1. The zero-order chi connectivity index (χ0) is 25.1. The van der Waals surface area contributed by atoms with Gasteiger partial charge in [0.2, 0.25) is 17.7 Å². The Labute approximate surface area is 205 Å². The number of rotatable bonds is 7. The van der Waals surface area contributed by atoms with Crippen LogP contribution in [0.4, 0.5) is 5.69 Å². The lowest BCUT2D eigenvalue weighted by Crippen LogP contribution is -2.46. The highest BCUT2D eigenvalue weighted by Gasteiger charge is 2.58. The van der Waals surface area contributed by atoms with Crippen LogP contribution in [0.3, 0.4) is 0 Å². The number of hydrogen-bond donors (Lipinski definition) is 3. The summed E-state index contributed by atoms with van der Waals surface area (Å²) in [4.78, 5) is 42.0. The molecule has 1 fully saturated rings. The number of nitrogens with one attached hydrogen (secondary N) is 2. The summed E-state index contributed by atoms with van der Waals surface area (Å²) in [6.45, 7) is 1.54. The third-order valence-corrected chi connectivity index (χ3v) is 7.08. The van der Waals surface area contributed by atoms with Crippen LogP contribution in [0.25, 0.3) is 0 Å². The second-order valence-corrected chi connectivity index (χ2v) is 9.00. The molecule has 184 valence electrons. The molecule has 1 aliphatic carbocycles. The SMILES string of the molecule is CNC(=O)[C@H]1[C@H]2C(=O)N([C@H](CO)c3ccccc3)[C@H](C(=O)Nc3ccc(OC)cc3)[C@H]2C=C[C@H]1C. The van der Waals surface area contributed by atoms with Gasteiger partial charge in [-0.15, -0.1) is 0 Å². The van der Waals surface area contributed by atoms with Crippen molar-refractivity contribution in [1.82, 2.24) is 10.2 Å². The van der Waals surface area contributed by atoms with Crippen molar-refractivity contribution in [3.8, 4) is 5.75 Å². The van der Waals surface area contributed by atoms with Crippen LogP contribution < -0.4 is 15.4 Å². The third kappa shape index (κ3) is 4.53. The van der Waals surface area contributed by atoms with Gasteiger partial charge < -0.3 is 25.4 Å². The van der Waals surface area contributed by atoms with Crippen LogP contribution in [0.2, 0.25) is 0 Å². The summed E-state index contributed by atoms with van der Waals surface area (Å²) in [6.07, 6.45) is 3.78. The van der Waals surface area contributed by atoms with E-state index in [9.17, 15) is 19.5 Å². The molecule has 6 atom stereocenters. The van der Waals surface area contributed by atoms with E-state index in [4.69, 9.17) is 4.74 Å². The van der Waals surface area contributed by atoms with Gasteiger partial charge in [-0.3, -0.25) is 14.4 Å². The molecule has 1 heterocycles. The minimum absolute atomic E-state index is 0.172. The van der Waals surface area contributed by atoms with Gasteiger partial charge in [-0.1, -0.05) is 49.4 Å². The van der Waals surface area contributed by atoms with Crippen LogP contribution in [0, 0.1) is 23.7 Å². The zero-order valence-corrected chi connectivity index (χ0v) is 20.0. The van der Waals surface area contributed by atoms with E-state index < -0.39 is 29.8 Å². The quantitative estimate of drug-likeness (QED) is 0.531. The van der Waals surface area contributed by atoms with E-state index in [1.165, 1.54) is 4.90 Å². The average Bonchev–Trinajstić information content (AvgIpc) is 3.17. The van der Waals surface area contributed by atoms with Crippen LogP contribution in [0.1, 0.15) is 18.5 Å². The Morgan fingerprint density at radius 1 is 1.06 bits per heavy atom. The molecule has 3 amide bonds. The summed E-state index contributed by atoms with van der Waals surface area (Å²) in [5.74, 6) is -2.27. The smallest absolute Gasteiger partial charge is 0.247 e. The van der Waals surface area contributed by atoms with Crippen molar-refractivity contribution in [1.29, 1.82) is 0 Å². The molecule has 1 saturated heterocycles. The van der Waals surface area contributed by atoms with Crippen LogP contribution in [-0.2, 0) is 14.4 Å². The molecule has 0 bridgehead atoms. The molecule has 0 unspecified atom stereocenters. The first-order chi connectivity index (χ1) is 16.9. The number of anilines is 1. The van der Waals surface area contributed by atoms with Crippen LogP contribution >= 0.6 is 0 Å². The highest BCUT2D eigenvalue weighted by atomic mass is 16.5. The van der Waals surface area contributed by atoms with E-state index in [-0.39, 0.29) is 30.2 Å². The van der Waals surface area contributed by atoms with E-state index in [1.807, 2.05) is 49.4 Å². The predicted octanol–water partition coefficient (Wildman–Crippen LogP) is 2.38. The number of likely N-dealkylation sites (tertiary alicyclic amines) is 1. The Kier molecular flexibility index (Phi) is 7.21. The number of aliphatic hydroxyl groups excluding tert-OH is 1. The van der Waals surface area contributed by atoms with Gasteiger partial charge in [0, 0.05) is 18.7 Å². The van der Waals surface area contributed by atoms with Crippen molar-refractivity contribution in [2.24, 2.45) is 23.7 Å². The number of methoxy groups -OCH3 is 1. The molecule has 2 aromatic carbocycles. The molecule has 0 radical (unpaired) electrons. The molecule has 0 spiro atoms. The monoisotopic (exact) mass is 477 g/mol. The maximum absolute atomic E-state index is 13.9. The Balaban J connectivity index is 1.76. The van der Waals surface area contributed by atoms with E-state index in [1.54, 1.807) is 38.4 Å². The fourth-order valence-electron chi connectivity index (χ4n) is 5.36. The lowest BCUT2D eigenvalue weighted by atomic mass is 9.70. The van der Waals surface area contributed by atoms with E-state index >= 15 is 0 Å². The summed E-state index contributed by atoms with van der Waals surface area (Å²) in [5.41, 5.74) is 1.28. The Hall–Kier alpha value is -3.65. The number of amides is 3. The van der Waals surface area contributed by atoms with E-state index in [0.717, 1.165) is 5.56 Å². The lowest BCUT2D eigenvalue weighted by molar-refractivity contribution is -0.142. The summed E-state index contributed by atoms with van der Waals surface area (Å²) < 4.78 is 5.19. The molecule has 35 heavy (non-hydrogen) atoms. The minimum Gasteiger partial charge on any atom is -0.497 e. The molecule has 0 aromatic heterocycles. The maximum atomic E-state index is 13.9. The van der Waals surface area contributed by atoms with Gasteiger partial charge in [0.25, 0.3) is 0 Å². The Bertz CT molecular complexity index is 1100. The maximum Gasteiger partial charge on any atom is 0.247 e. The molecule has 4 rings (SSSR count). The number of carbonyl (C=O) groups excluding carboxylic acids is 3. The Morgan fingerprint density at radius 2 is 1.74 bits per heavy atom. The summed E-state index contributed by atoms with van der Waals surface area (Å²) in [5, 5.41) is 16.0. The summed E-state index contributed by atoms with van der Waals surface area (Å²) in [7, 11) is 3.11. The van der Waals surface area contributed by atoms with Crippen molar-refractivity contribution in [3.63, 3.8) is 0 Å². The number of ether oxygens (including phenoxy) is 1. The van der Waals surface area contributed by atoms with Gasteiger partial charge in [0.15, 0.2) is 0 Å². The van der Waals surface area contributed by atoms with Gasteiger partial charge in [-0.2, -0.15) is 0 Å². The molecule has 8 heteroatoms. The molecule has 3 N–H and O–H groups in total. The average molecular weight is 478 g/mol. The van der Waals surface area contributed by atoms with Gasteiger partial charge in [-0.05, 0) is 35.7 Å².